The SMILES string of the molecule is CC(=O)Nc1cccc(NC(=O)/C=C/c2ccc(S(=O)(=O)NCc3ccco3)cc2)c1. The maximum absolute atomic E-state index is 12.3. The third kappa shape index (κ3) is 6.66. The summed E-state index contributed by atoms with van der Waals surface area (Å²) in [6.07, 6.45) is 4.38. The standard InChI is InChI=1S/C22H21N3O5S/c1-16(26)24-18-4-2-5-19(14-18)25-22(27)12-9-17-7-10-21(11-8-17)31(28,29)23-15-20-6-3-13-30-20/h2-14,23H,15H2,1H3,(H,24,26)(H,25,27)/b12-9+. The molecule has 0 saturated carbocycles. The van der Waals surface area contributed by atoms with Crippen molar-refractivity contribution in [2.75, 3.05) is 10.6 Å². The van der Waals surface area contributed by atoms with E-state index in [0.29, 0.717) is 22.7 Å². The normalized spacial score (nSPS) is 11.4. The van der Waals surface area contributed by atoms with Gasteiger partial charge in [-0.05, 0) is 54.1 Å². The Balaban J connectivity index is 1.58. The maximum Gasteiger partial charge on any atom is 0.248 e. The van der Waals surface area contributed by atoms with Crippen LogP contribution in [0.3, 0.4) is 0 Å². The van der Waals surface area contributed by atoms with Crippen molar-refractivity contribution in [1.29, 1.82) is 0 Å². The van der Waals surface area contributed by atoms with Crippen LogP contribution in [0.1, 0.15) is 18.2 Å². The highest BCUT2D eigenvalue weighted by atomic mass is 32.2. The second-order valence-electron chi connectivity index (χ2n) is 6.56. The molecule has 3 N–H and O–H groups in total. The van der Waals surface area contributed by atoms with Crippen LogP contribution in [0.5, 0.6) is 0 Å². The van der Waals surface area contributed by atoms with Gasteiger partial charge in [0.2, 0.25) is 21.8 Å². The molecule has 8 nitrogen and oxygen atoms in total. The predicted octanol–water partition coefficient (Wildman–Crippen LogP) is 3.37. The van der Waals surface area contributed by atoms with Gasteiger partial charge in [0.25, 0.3) is 0 Å². The molecule has 0 atom stereocenters. The molecule has 160 valence electrons. The number of furan rings is 1. The van der Waals surface area contributed by atoms with Crippen molar-refractivity contribution < 1.29 is 22.4 Å². The largest absolute Gasteiger partial charge is 0.468 e. The van der Waals surface area contributed by atoms with E-state index in [9.17, 15) is 18.0 Å². The second-order valence-corrected chi connectivity index (χ2v) is 8.32. The van der Waals surface area contributed by atoms with Gasteiger partial charge in [0.1, 0.15) is 5.76 Å². The molecule has 0 aliphatic carbocycles. The van der Waals surface area contributed by atoms with Crippen LogP contribution in [-0.2, 0) is 26.2 Å². The third-order valence-corrected chi connectivity index (χ3v) is 5.50. The summed E-state index contributed by atoms with van der Waals surface area (Å²) in [7, 11) is -3.68. The quantitative estimate of drug-likeness (QED) is 0.465. The molecule has 0 bridgehead atoms. The molecule has 3 rings (SSSR count). The number of rotatable bonds is 8. The van der Waals surface area contributed by atoms with Crippen LogP contribution in [0.2, 0.25) is 0 Å². The number of hydrogen-bond donors (Lipinski definition) is 3. The first-order chi connectivity index (χ1) is 14.8. The summed E-state index contributed by atoms with van der Waals surface area (Å²) in [6.45, 7) is 1.46. The first-order valence-corrected chi connectivity index (χ1v) is 10.8. The fourth-order valence-corrected chi connectivity index (χ4v) is 3.65. The topological polar surface area (TPSA) is 118 Å². The fraction of sp³-hybridized carbons (Fsp3) is 0.0909. The molecule has 31 heavy (non-hydrogen) atoms. The molecule has 3 aromatic rings. The van der Waals surface area contributed by atoms with Crippen molar-refractivity contribution >= 4 is 39.3 Å². The summed E-state index contributed by atoms with van der Waals surface area (Å²) in [5, 5.41) is 5.34. The minimum atomic E-state index is -3.68. The molecule has 2 amide bonds. The second kappa shape index (κ2) is 9.88. The smallest absolute Gasteiger partial charge is 0.248 e. The number of anilines is 2. The van der Waals surface area contributed by atoms with Crippen molar-refractivity contribution in [3.05, 3.63) is 84.3 Å². The highest BCUT2D eigenvalue weighted by Gasteiger charge is 2.14. The molecule has 0 saturated heterocycles. The van der Waals surface area contributed by atoms with E-state index in [4.69, 9.17) is 4.42 Å². The molecule has 0 unspecified atom stereocenters. The lowest BCUT2D eigenvalue weighted by Crippen LogP contribution is -2.22. The van der Waals surface area contributed by atoms with E-state index in [1.54, 1.807) is 54.6 Å². The van der Waals surface area contributed by atoms with Gasteiger partial charge in [-0.1, -0.05) is 18.2 Å². The molecule has 0 fully saturated rings. The summed E-state index contributed by atoms with van der Waals surface area (Å²) < 4.78 is 32.3. The van der Waals surface area contributed by atoms with Crippen LogP contribution in [0, 0.1) is 0 Å². The zero-order valence-electron chi connectivity index (χ0n) is 16.7. The number of benzene rings is 2. The van der Waals surface area contributed by atoms with Crippen molar-refractivity contribution in [2.24, 2.45) is 0 Å². The molecular weight excluding hydrogens is 418 g/mol. The van der Waals surface area contributed by atoms with E-state index < -0.39 is 10.0 Å². The van der Waals surface area contributed by atoms with E-state index in [1.807, 2.05) is 0 Å². The molecule has 0 spiro atoms. The molecule has 0 radical (unpaired) electrons. The van der Waals surface area contributed by atoms with Gasteiger partial charge in [-0.25, -0.2) is 13.1 Å². The first kappa shape index (κ1) is 22.0. The van der Waals surface area contributed by atoms with E-state index >= 15 is 0 Å². The Morgan fingerprint density at radius 2 is 1.68 bits per heavy atom. The number of amides is 2. The van der Waals surface area contributed by atoms with E-state index in [1.165, 1.54) is 31.4 Å². The molecule has 0 aliphatic heterocycles. The lowest BCUT2D eigenvalue weighted by Gasteiger charge is -2.06. The van der Waals surface area contributed by atoms with Crippen molar-refractivity contribution in [3.8, 4) is 0 Å². The Morgan fingerprint density at radius 3 is 2.32 bits per heavy atom. The molecule has 2 aromatic carbocycles. The van der Waals surface area contributed by atoms with Gasteiger partial charge < -0.3 is 15.1 Å². The monoisotopic (exact) mass is 439 g/mol. The maximum atomic E-state index is 12.3. The number of nitrogens with one attached hydrogen (secondary N) is 3. The van der Waals surface area contributed by atoms with Crippen molar-refractivity contribution in [1.82, 2.24) is 4.72 Å². The van der Waals surface area contributed by atoms with Gasteiger partial charge in [0.15, 0.2) is 0 Å². The summed E-state index contributed by atoms with van der Waals surface area (Å²) in [6, 6.07) is 16.2. The Morgan fingerprint density at radius 1 is 0.968 bits per heavy atom. The third-order valence-electron chi connectivity index (χ3n) is 4.08. The number of carbonyl (C=O) groups excluding carboxylic acids is 2. The van der Waals surface area contributed by atoms with Crippen molar-refractivity contribution in [3.63, 3.8) is 0 Å². The Hall–Kier alpha value is -3.69. The van der Waals surface area contributed by atoms with Crippen LogP contribution < -0.4 is 15.4 Å². The van der Waals surface area contributed by atoms with Crippen LogP contribution in [0.4, 0.5) is 11.4 Å². The fourth-order valence-electron chi connectivity index (χ4n) is 2.65. The summed E-state index contributed by atoms with van der Waals surface area (Å²) in [5.41, 5.74) is 1.77. The minimum Gasteiger partial charge on any atom is -0.468 e. The van der Waals surface area contributed by atoms with Gasteiger partial charge in [-0.3, -0.25) is 9.59 Å². The van der Waals surface area contributed by atoms with E-state index in [2.05, 4.69) is 15.4 Å². The summed E-state index contributed by atoms with van der Waals surface area (Å²) in [4.78, 5) is 23.4. The van der Waals surface area contributed by atoms with Gasteiger partial charge in [-0.2, -0.15) is 0 Å². The van der Waals surface area contributed by atoms with E-state index in [-0.39, 0.29) is 23.3 Å². The lowest BCUT2D eigenvalue weighted by atomic mass is 10.2. The van der Waals surface area contributed by atoms with Crippen LogP contribution in [0.15, 0.2) is 82.3 Å². The summed E-state index contributed by atoms with van der Waals surface area (Å²) >= 11 is 0. The van der Waals surface area contributed by atoms with Crippen LogP contribution in [-0.4, -0.2) is 20.2 Å². The minimum absolute atomic E-state index is 0.0558. The Labute approximate surface area is 180 Å². The average molecular weight is 439 g/mol. The zero-order chi connectivity index (χ0) is 22.3. The van der Waals surface area contributed by atoms with Gasteiger partial charge >= 0.3 is 0 Å². The van der Waals surface area contributed by atoms with Gasteiger partial charge in [0, 0.05) is 24.4 Å². The predicted molar refractivity (Wildman–Crippen MR) is 118 cm³/mol. The highest BCUT2D eigenvalue weighted by molar-refractivity contribution is 7.89. The molecule has 1 heterocycles. The number of hydrogen-bond acceptors (Lipinski definition) is 5. The van der Waals surface area contributed by atoms with Crippen LogP contribution in [0.25, 0.3) is 6.08 Å². The molecular formula is C22H21N3O5S. The Bertz CT molecular complexity index is 1180. The summed E-state index contributed by atoms with van der Waals surface area (Å²) in [5.74, 6) is -0.0569. The number of carbonyl (C=O) groups is 2. The van der Waals surface area contributed by atoms with Crippen molar-refractivity contribution in [2.45, 2.75) is 18.4 Å². The zero-order valence-corrected chi connectivity index (χ0v) is 17.5. The highest BCUT2D eigenvalue weighted by Crippen LogP contribution is 2.16. The molecule has 0 aliphatic rings. The molecule has 9 heteroatoms. The first-order valence-electron chi connectivity index (χ1n) is 9.31. The van der Waals surface area contributed by atoms with E-state index in [0.717, 1.165) is 0 Å². The van der Waals surface area contributed by atoms with Gasteiger partial charge in [-0.15, -0.1) is 0 Å². The average Bonchev–Trinajstić information content (AvgIpc) is 3.25. The molecule has 1 aromatic heterocycles. The lowest BCUT2D eigenvalue weighted by molar-refractivity contribution is -0.114. The van der Waals surface area contributed by atoms with Gasteiger partial charge in [0.05, 0.1) is 17.7 Å². The Kier molecular flexibility index (Phi) is 7.01. The number of sulfonamides is 1. The van der Waals surface area contributed by atoms with Crippen LogP contribution >= 0.6 is 0 Å².